The third-order valence-corrected chi connectivity index (χ3v) is 5.50. The van der Waals surface area contributed by atoms with E-state index in [1.807, 2.05) is 44.2 Å². The van der Waals surface area contributed by atoms with Gasteiger partial charge in [-0.25, -0.2) is 4.79 Å². The van der Waals surface area contributed by atoms with E-state index in [1.54, 1.807) is 30.3 Å². The van der Waals surface area contributed by atoms with E-state index < -0.39 is 12.0 Å². The van der Waals surface area contributed by atoms with Crippen molar-refractivity contribution in [3.63, 3.8) is 0 Å². The molecular weight excluding hydrogens is 406 g/mol. The van der Waals surface area contributed by atoms with E-state index in [0.717, 1.165) is 11.3 Å². The number of rotatable bonds is 6. The van der Waals surface area contributed by atoms with Crippen molar-refractivity contribution in [1.29, 1.82) is 0 Å². The fraction of sp³-hybridized carbons (Fsp3) is 0.227. The Balaban J connectivity index is 1.88. The SMILES string of the molecule is COC(=O)C(c1ccccc1)N1C(=O)/C(=C/c2ccc(OC(C)C)cc2)SC1=S. The minimum atomic E-state index is -0.915. The van der Waals surface area contributed by atoms with Gasteiger partial charge in [-0.15, -0.1) is 0 Å². The molecule has 1 amide bonds. The van der Waals surface area contributed by atoms with Gasteiger partial charge in [-0.2, -0.15) is 0 Å². The summed E-state index contributed by atoms with van der Waals surface area (Å²) in [5.74, 6) is -0.0924. The monoisotopic (exact) mass is 427 g/mol. The number of methoxy groups -OCH3 is 1. The van der Waals surface area contributed by atoms with Gasteiger partial charge in [-0.3, -0.25) is 9.69 Å². The van der Waals surface area contributed by atoms with Gasteiger partial charge in [0.05, 0.1) is 18.1 Å². The number of esters is 1. The molecule has 150 valence electrons. The van der Waals surface area contributed by atoms with Crippen LogP contribution in [0.25, 0.3) is 6.08 Å². The quantitative estimate of drug-likeness (QED) is 0.382. The van der Waals surface area contributed by atoms with E-state index in [1.165, 1.54) is 23.8 Å². The number of benzene rings is 2. The summed E-state index contributed by atoms with van der Waals surface area (Å²) in [5.41, 5.74) is 1.49. The van der Waals surface area contributed by atoms with Crippen molar-refractivity contribution in [2.24, 2.45) is 0 Å². The molecule has 1 atom stereocenters. The fourth-order valence-corrected chi connectivity index (χ4v) is 4.22. The van der Waals surface area contributed by atoms with Gasteiger partial charge in [0.15, 0.2) is 6.04 Å². The predicted molar refractivity (Wildman–Crippen MR) is 118 cm³/mol. The van der Waals surface area contributed by atoms with Crippen LogP contribution in [0.1, 0.15) is 31.0 Å². The minimum absolute atomic E-state index is 0.0883. The summed E-state index contributed by atoms with van der Waals surface area (Å²) in [5, 5.41) is 0. The maximum atomic E-state index is 13.1. The van der Waals surface area contributed by atoms with Crippen LogP contribution in [0.15, 0.2) is 59.5 Å². The van der Waals surface area contributed by atoms with E-state index in [0.29, 0.717) is 14.8 Å². The number of hydrogen-bond acceptors (Lipinski definition) is 6. The Morgan fingerprint density at radius 2 is 1.76 bits per heavy atom. The molecular formula is C22H21NO4S2. The highest BCUT2D eigenvalue weighted by Gasteiger charge is 2.41. The maximum Gasteiger partial charge on any atom is 0.333 e. The summed E-state index contributed by atoms with van der Waals surface area (Å²) in [7, 11) is 1.30. The third-order valence-electron chi connectivity index (χ3n) is 4.17. The third kappa shape index (κ3) is 4.86. The summed E-state index contributed by atoms with van der Waals surface area (Å²) < 4.78 is 10.9. The molecule has 0 spiro atoms. The molecule has 0 radical (unpaired) electrons. The molecule has 1 heterocycles. The van der Waals surface area contributed by atoms with Crippen LogP contribution in [0.4, 0.5) is 0 Å². The average Bonchev–Trinajstić information content (AvgIpc) is 2.97. The molecule has 0 N–H and O–H groups in total. The average molecular weight is 428 g/mol. The summed E-state index contributed by atoms with van der Waals surface area (Å²) in [6.07, 6.45) is 1.85. The lowest BCUT2D eigenvalue weighted by atomic mass is 10.1. The molecule has 0 aliphatic carbocycles. The predicted octanol–water partition coefficient (Wildman–Crippen LogP) is 4.59. The van der Waals surface area contributed by atoms with Crippen LogP contribution in [0.2, 0.25) is 0 Å². The molecule has 1 unspecified atom stereocenters. The van der Waals surface area contributed by atoms with E-state index in [-0.39, 0.29) is 12.0 Å². The van der Waals surface area contributed by atoms with Crippen LogP contribution in [-0.2, 0) is 14.3 Å². The Morgan fingerprint density at radius 3 is 2.34 bits per heavy atom. The molecule has 29 heavy (non-hydrogen) atoms. The second kappa shape index (κ2) is 9.24. The number of amides is 1. The van der Waals surface area contributed by atoms with Gasteiger partial charge in [-0.1, -0.05) is 66.4 Å². The fourth-order valence-electron chi connectivity index (χ4n) is 2.91. The summed E-state index contributed by atoms with van der Waals surface area (Å²) in [4.78, 5) is 27.3. The normalized spacial score (nSPS) is 16.4. The highest BCUT2D eigenvalue weighted by Crippen LogP contribution is 2.38. The Hall–Kier alpha value is -2.64. The van der Waals surface area contributed by atoms with Gasteiger partial charge in [0.1, 0.15) is 10.1 Å². The molecule has 1 aliphatic rings. The summed E-state index contributed by atoms with van der Waals surface area (Å²) in [6, 6.07) is 15.5. The molecule has 7 heteroatoms. The van der Waals surface area contributed by atoms with Gasteiger partial charge in [0, 0.05) is 0 Å². The highest BCUT2D eigenvalue weighted by molar-refractivity contribution is 8.26. The van der Waals surface area contributed by atoms with Crippen LogP contribution >= 0.6 is 24.0 Å². The highest BCUT2D eigenvalue weighted by atomic mass is 32.2. The van der Waals surface area contributed by atoms with Crippen LogP contribution in [-0.4, -0.2) is 34.3 Å². The second-order valence-corrected chi connectivity index (χ2v) is 8.30. The number of ether oxygens (including phenoxy) is 2. The van der Waals surface area contributed by atoms with Crippen molar-refractivity contribution in [3.8, 4) is 5.75 Å². The van der Waals surface area contributed by atoms with E-state index in [2.05, 4.69) is 0 Å². The van der Waals surface area contributed by atoms with Crippen molar-refractivity contribution in [2.75, 3.05) is 7.11 Å². The van der Waals surface area contributed by atoms with Crippen LogP contribution in [0.5, 0.6) is 5.75 Å². The Kier molecular flexibility index (Phi) is 6.71. The van der Waals surface area contributed by atoms with Gasteiger partial charge in [0.2, 0.25) is 0 Å². The maximum absolute atomic E-state index is 13.1. The van der Waals surface area contributed by atoms with Crippen LogP contribution in [0.3, 0.4) is 0 Å². The second-order valence-electron chi connectivity index (χ2n) is 6.62. The van der Waals surface area contributed by atoms with E-state index in [4.69, 9.17) is 21.7 Å². The van der Waals surface area contributed by atoms with Crippen molar-refractivity contribution in [2.45, 2.75) is 26.0 Å². The Labute approximate surface area is 179 Å². The Morgan fingerprint density at radius 1 is 1.10 bits per heavy atom. The molecule has 1 saturated heterocycles. The first-order valence-corrected chi connectivity index (χ1v) is 10.3. The molecule has 2 aromatic rings. The van der Waals surface area contributed by atoms with Gasteiger partial charge in [0.25, 0.3) is 5.91 Å². The molecule has 2 aromatic carbocycles. The first kappa shape index (κ1) is 21.1. The minimum Gasteiger partial charge on any atom is -0.491 e. The number of thiocarbonyl (C=S) groups is 1. The van der Waals surface area contributed by atoms with E-state index >= 15 is 0 Å². The summed E-state index contributed by atoms with van der Waals surface area (Å²) >= 11 is 6.59. The van der Waals surface area contributed by atoms with Crippen molar-refractivity contribution < 1.29 is 19.1 Å². The lowest BCUT2D eigenvalue weighted by Crippen LogP contribution is -2.37. The zero-order valence-corrected chi connectivity index (χ0v) is 18.0. The molecule has 0 bridgehead atoms. The number of nitrogens with zero attached hydrogens (tertiary/aromatic N) is 1. The van der Waals surface area contributed by atoms with Crippen molar-refractivity contribution >= 4 is 46.3 Å². The number of thioether (sulfide) groups is 1. The molecule has 0 aromatic heterocycles. The van der Waals surface area contributed by atoms with Gasteiger partial charge < -0.3 is 9.47 Å². The molecule has 3 rings (SSSR count). The van der Waals surface area contributed by atoms with Gasteiger partial charge in [-0.05, 0) is 43.2 Å². The Bertz CT molecular complexity index is 939. The van der Waals surface area contributed by atoms with Crippen molar-refractivity contribution in [1.82, 2.24) is 4.90 Å². The summed E-state index contributed by atoms with van der Waals surface area (Å²) in [6.45, 7) is 3.92. The molecule has 1 aliphatic heterocycles. The number of carbonyl (C=O) groups is 2. The molecule has 5 nitrogen and oxygen atoms in total. The standard InChI is InChI=1S/C22H21NO4S2/c1-14(2)27-17-11-9-15(10-12-17)13-18-20(24)23(22(28)29-18)19(21(25)26-3)16-7-5-4-6-8-16/h4-14,19H,1-3H3/b18-13-. The first-order valence-electron chi connectivity index (χ1n) is 9.07. The number of hydrogen-bond donors (Lipinski definition) is 0. The lowest BCUT2D eigenvalue weighted by Gasteiger charge is -2.24. The molecule has 1 fully saturated rings. The lowest BCUT2D eigenvalue weighted by molar-refractivity contribution is -0.148. The molecule has 0 saturated carbocycles. The zero-order valence-electron chi connectivity index (χ0n) is 16.3. The first-order chi connectivity index (χ1) is 13.9. The number of carbonyl (C=O) groups excluding carboxylic acids is 2. The van der Waals surface area contributed by atoms with Crippen molar-refractivity contribution in [3.05, 3.63) is 70.6 Å². The smallest absolute Gasteiger partial charge is 0.333 e. The van der Waals surface area contributed by atoms with E-state index in [9.17, 15) is 9.59 Å². The van der Waals surface area contributed by atoms with Crippen LogP contribution in [0, 0.1) is 0 Å². The zero-order chi connectivity index (χ0) is 21.0. The van der Waals surface area contributed by atoms with Crippen LogP contribution < -0.4 is 4.74 Å². The largest absolute Gasteiger partial charge is 0.491 e. The van der Waals surface area contributed by atoms with Gasteiger partial charge >= 0.3 is 5.97 Å². The topological polar surface area (TPSA) is 55.8 Å².